The van der Waals surface area contributed by atoms with Crippen molar-refractivity contribution in [2.45, 2.75) is 26.7 Å². The maximum atomic E-state index is 12.9. The summed E-state index contributed by atoms with van der Waals surface area (Å²) >= 11 is 6.30. The number of amides is 1. The Morgan fingerprint density at radius 2 is 1.88 bits per heavy atom. The van der Waals surface area contributed by atoms with Crippen LogP contribution in [0.3, 0.4) is 0 Å². The van der Waals surface area contributed by atoms with Crippen LogP contribution < -0.4 is 10.9 Å². The molecule has 0 aliphatic carbocycles. The van der Waals surface area contributed by atoms with Crippen molar-refractivity contribution in [3.8, 4) is 0 Å². The second kappa shape index (κ2) is 7.11. The molecule has 3 aromatic rings. The molecule has 0 saturated heterocycles. The standard InChI is InChI=1S/C20H19ClN2O2/c1-3-12-9-10-16(21)13(4-2)19(12)23-20(25)15-11-18(24)22-17-8-6-5-7-14(15)17/h5-11H,3-4H2,1-2H3,(H,22,24)(H,23,25). The molecule has 0 atom stereocenters. The van der Waals surface area contributed by atoms with Crippen LogP contribution >= 0.6 is 11.6 Å². The van der Waals surface area contributed by atoms with E-state index in [0.717, 1.165) is 23.2 Å². The van der Waals surface area contributed by atoms with E-state index >= 15 is 0 Å². The van der Waals surface area contributed by atoms with Crippen LogP contribution in [0.15, 0.2) is 47.3 Å². The second-order valence-electron chi connectivity index (χ2n) is 5.81. The molecule has 1 amide bonds. The number of para-hydroxylation sites is 1. The summed E-state index contributed by atoms with van der Waals surface area (Å²) in [7, 11) is 0. The molecule has 0 unspecified atom stereocenters. The fourth-order valence-corrected chi connectivity index (χ4v) is 3.33. The van der Waals surface area contributed by atoms with E-state index in [9.17, 15) is 9.59 Å². The van der Waals surface area contributed by atoms with Gasteiger partial charge in [0.15, 0.2) is 0 Å². The first kappa shape index (κ1) is 17.2. The number of nitrogens with one attached hydrogen (secondary N) is 2. The third-order valence-corrected chi connectivity index (χ3v) is 4.66. The molecule has 0 aliphatic rings. The lowest BCUT2D eigenvalue weighted by atomic mass is 10.0. The van der Waals surface area contributed by atoms with Crippen molar-refractivity contribution in [2.75, 3.05) is 5.32 Å². The van der Waals surface area contributed by atoms with Crippen molar-refractivity contribution in [1.29, 1.82) is 0 Å². The first-order chi connectivity index (χ1) is 12.0. The molecule has 0 aliphatic heterocycles. The molecule has 25 heavy (non-hydrogen) atoms. The maximum Gasteiger partial charge on any atom is 0.256 e. The summed E-state index contributed by atoms with van der Waals surface area (Å²) in [4.78, 5) is 27.6. The van der Waals surface area contributed by atoms with Crippen molar-refractivity contribution < 1.29 is 4.79 Å². The Kier molecular flexibility index (Phi) is 4.91. The quantitative estimate of drug-likeness (QED) is 0.721. The molecule has 4 nitrogen and oxygen atoms in total. The Morgan fingerprint density at radius 3 is 2.60 bits per heavy atom. The van der Waals surface area contributed by atoms with E-state index < -0.39 is 0 Å². The molecule has 128 valence electrons. The van der Waals surface area contributed by atoms with Gasteiger partial charge >= 0.3 is 0 Å². The van der Waals surface area contributed by atoms with Gasteiger partial charge < -0.3 is 10.3 Å². The van der Waals surface area contributed by atoms with Crippen molar-refractivity contribution in [2.24, 2.45) is 0 Å². The molecule has 0 spiro atoms. The Morgan fingerprint density at radius 1 is 1.12 bits per heavy atom. The van der Waals surface area contributed by atoms with Crippen LogP contribution in [0.25, 0.3) is 10.9 Å². The summed E-state index contributed by atoms with van der Waals surface area (Å²) in [6.45, 7) is 4.03. The molecule has 1 heterocycles. The number of aromatic amines is 1. The minimum absolute atomic E-state index is 0.304. The number of benzene rings is 2. The van der Waals surface area contributed by atoms with Crippen LogP contribution in [0.4, 0.5) is 5.69 Å². The average Bonchev–Trinajstić information content (AvgIpc) is 2.61. The first-order valence-electron chi connectivity index (χ1n) is 8.28. The fraction of sp³-hybridized carbons (Fsp3) is 0.200. The predicted molar refractivity (Wildman–Crippen MR) is 103 cm³/mol. The SMILES string of the molecule is CCc1ccc(Cl)c(CC)c1NC(=O)c1cc(=O)[nH]c2ccccc12. The van der Waals surface area contributed by atoms with Crippen LogP contribution in [0.2, 0.25) is 5.02 Å². The van der Waals surface area contributed by atoms with E-state index in [1.807, 2.05) is 44.2 Å². The summed E-state index contributed by atoms with van der Waals surface area (Å²) < 4.78 is 0. The van der Waals surface area contributed by atoms with Crippen molar-refractivity contribution in [3.63, 3.8) is 0 Å². The van der Waals surface area contributed by atoms with Gasteiger partial charge in [0, 0.05) is 27.7 Å². The topological polar surface area (TPSA) is 62.0 Å². The lowest BCUT2D eigenvalue weighted by Crippen LogP contribution is -2.18. The molecule has 2 aromatic carbocycles. The average molecular weight is 355 g/mol. The van der Waals surface area contributed by atoms with E-state index in [-0.39, 0.29) is 11.5 Å². The predicted octanol–water partition coefficient (Wildman–Crippen LogP) is 4.56. The van der Waals surface area contributed by atoms with Crippen LogP contribution in [0.5, 0.6) is 0 Å². The number of aromatic nitrogens is 1. The zero-order chi connectivity index (χ0) is 18.0. The van der Waals surface area contributed by atoms with Crippen molar-refractivity contribution >= 4 is 34.1 Å². The van der Waals surface area contributed by atoms with Gasteiger partial charge in [0.2, 0.25) is 5.56 Å². The Hall–Kier alpha value is -2.59. The molecule has 5 heteroatoms. The van der Waals surface area contributed by atoms with Gasteiger partial charge in [0.25, 0.3) is 5.91 Å². The molecule has 2 N–H and O–H groups in total. The van der Waals surface area contributed by atoms with E-state index in [4.69, 9.17) is 11.6 Å². The number of hydrogen-bond acceptors (Lipinski definition) is 2. The molecule has 3 rings (SSSR count). The number of aryl methyl sites for hydroxylation is 1. The number of H-pyrrole nitrogens is 1. The van der Waals surface area contributed by atoms with E-state index in [1.165, 1.54) is 6.07 Å². The minimum Gasteiger partial charge on any atom is -0.322 e. The first-order valence-corrected chi connectivity index (χ1v) is 8.66. The third kappa shape index (κ3) is 3.30. The monoisotopic (exact) mass is 354 g/mol. The van der Waals surface area contributed by atoms with Crippen LogP contribution in [0.1, 0.15) is 35.3 Å². The van der Waals surface area contributed by atoms with Gasteiger partial charge in [0.05, 0.1) is 5.56 Å². The summed E-state index contributed by atoms with van der Waals surface area (Å²) in [6.07, 6.45) is 1.48. The van der Waals surface area contributed by atoms with Gasteiger partial charge in [-0.15, -0.1) is 0 Å². The van der Waals surface area contributed by atoms with Gasteiger partial charge in [-0.2, -0.15) is 0 Å². The summed E-state index contributed by atoms with van der Waals surface area (Å²) in [5.41, 5.74) is 3.35. The normalized spacial score (nSPS) is 10.8. The summed E-state index contributed by atoms with van der Waals surface area (Å²) in [5.74, 6) is -0.311. The number of hydrogen-bond donors (Lipinski definition) is 2. The number of pyridine rings is 1. The van der Waals surface area contributed by atoms with Crippen LogP contribution in [0, 0.1) is 0 Å². The highest BCUT2D eigenvalue weighted by Crippen LogP contribution is 2.30. The zero-order valence-corrected chi connectivity index (χ0v) is 14.9. The number of anilines is 1. The van der Waals surface area contributed by atoms with E-state index in [2.05, 4.69) is 10.3 Å². The molecular weight excluding hydrogens is 336 g/mol. The minimum atomic E-state index is -0.311. The lowest BCUT2D eigenvalue weighted by molar-refractivity contribution is 0.102. The summed E-state index contributed by atoms with van der Waals surface area (Å²) in [5, 5.41) is 4.32. The molecule has 0 radical (unpaired) electrons. The van der Waals surface area contributed by atoms with Crippen molar-refractivity contribution in [1.82, 2.24) is 4.98 Å². The van der Waals surface area contributed by atoms with Crippen LogP contribution in [-0.2, 0) is 12.8 Å². The highest BCUT2D eigenvalue weighted by Gasteiger charge is 2.16. The fourth-order valence-electron chi connectivity index (χ4n) is 3.04. The van der Waals surface area contributed by atoms with Gasteiger partial charge in [-0.1, -0.05) is 49.7 Å². The highest BCUT2D eigenvalue weighted by atomic mass is 35.5. The third-order valence-electron chi connectivity index (χ3n) is 4.31. The zero-order valence-electron chi connectivity index (χ0n) is 14.2. The number of carbonyl (C=O) groups is 1. The number of rotatable bonds is 4. The van der Waals surface area contributed by atoms with Gasteiger partial charge in [-0.3, -0.25) is 9.59 Å². The second-order valence-corrected chi connectivity index (χ2v) is 6.22. The molecule has 0 saturated carbocycles. The Labute approximate surface area is 150 Å². The summed E-state index contributed by atoms with van der Waals surface area (Å²) in [6, 6.07) is 12.4. The molecule has 1 aromatic heterocycles. The highest BCUT2D eigenvalue weighted by molar-refractivity contribution is 6.32. The Bertz CT molecular complexity index is 1010. The number of carbonyl (C=O) groups excluding carboxylic acids is 1. The molecule has 0 bridgehead atoms. The Balaban J connectivity index is 2.10. The van der Waals surface area contributed by atoms with Gasteiger partial charge in [-0.05, 0) is 36.1 Å². The van der Waals surface area contributed by atoms with Gasteiger partial charge in [0.1, 0.15) is 0 Å². The smallest absolute Gasteiger partial charge is 0.256 e. The lowest BCUT2D eigenvalue weighted by Gasteiger charge is -2.16. The number of halogens is 1. The van der Waals surface area contributed by atoms with E-state index in [0.29, 0.717) is 27.9 Å². The molecular formula is C20H19ClN2O2. The maximum absolute atomic E-state index is 12.9. The largest absolute Gasteiger partial charge is 0.322 e. The van der Waals surface area contributed by atoms with Crippen LogP contribution in [-0.4, -0.2) is 10.9 Å². The number of fused-ring (bicyclic) bond motifs is 1. The van der Waals surface area contributed by atoms with Gasteiger partial charge in [-0.25, -0.2) is 0 Å². The molecule has 0 fully saturated rings. The van der Waals surface area contributed by atoms with E-state index in [1.54, 1.807) is 6.07 Å². The van der Waals surface area contributed by atoms with Crippen molar-refractivity contribution in [3.05, 3.63) is 74.5 Å².